The normalized spacial score (nSPS) is 20.6. The molecule has 1 aromatic carbocycles. The molecule has 2 rings (SSSR count). The van der Waals surface area contributed by atoms with Crippen molar-refractivity contribution in [3.8, 4) is 11.8 Å². The number of hydrogen-bond donors (Lipinski definition) is 2. The first-order chi connectivity index (χ1) is 9.72. The first-order valence-corrected chi connectivity index (χ1v) is 6.89. The topological polar surface area (TPSA) is 76.7 Å². The van der Waals surface area contributed by atoms with Crippen LogP contribution in [0.3, 0.4) is 0 Å². The molecule has 0 aromatic heterocycles. The molecule has 0 radical (unpaired) electrons. The van der Waals surface area contributed by atoms with Gasteiger partial charge in [0, 0.05) is 12.6 Å². The number of nitrogens with zero attached hydrogens (tertiary/aromatic N) is 2. The third kappa shape index (κ3) is 3.94. The minimum Gasteiger partial charge on any atom is -0.491 e. The summed E-state index contributed by atoms with van der Waals surface area (Å²) >= 11 is 0. The molecule has 20 heavy (non-hydrogen) atoms. The van der Waals surface area contributed by atoms with Crippen LogP contribution in [0, 0.1) is 11.3 Å². The predicted molar refractivity (Wildman–Crippen MR) is 74.3 cm³/mol. The van der Waals surface area contributed by atoms with Gasteiger partial charge in [-0.15, -0.1) is 0 Å². The zero-order valence-electron chi connectivity index (χ0n) is 11.4. The molecule has 5 heteroatoms. The Morgan fingerprint density at radius 3 is 2.80 bits per heavy atom. The highest BCUT2D eigenvalue weighted by atomic mass is 16.5. The van der Waals surface area contributed by atoms with Crippen LogP contribution in [0.25, 0.3) is 0 Å². The second-order valence-electron chi connectivity index (χ2n) is 5.07. The lowest BCUT2D eigenvalue weighted by atomic mass is 10.2. The monoisotopic (exact) mass is 276 g/mol. The molecular formula is C15H20N2O3. The molecule has 1 fully saturated rings. The van der Waals surface area contributed by atoms with Crippen molar-refractivity contribution in [1.29, 1.82) is 5.26 Å². The maximum atomic E-state index is 9.98. The smallest absolute Gasteiger partial charge is 0.119 e. The zero-order chi connectivity index (χ0) is 14.4. The lowest BCUT2D eigenvalue weighted by Crippen LogP contribution is -2.40. The summed E-state index contributed by atoms with van der Waals surface area (Å²) in [6, 6.07) is 9.02. The van der Waals surface area contributed by atoms with E-state index in [-0.39, 0.29) is 19.3 Å². The van der Waals surface area contributed by atoms with Gasteiger partial charge in [-0.1, -0.05) is 0 Å². The van der Waals surface area contributed by atoms with Crippen LogP contribution in [0.15, 0.2) is 24.3 Å². The number of ether oxygens (including phenoxy) is 1. The van der Waals surface area contributed by atoms with Gasteiger partial charge in [0.15, 0.2) is 0 Å². The Morgan fingerprint density at radius 1 is 1.40 bits per heavy atom. The summed E-state index contributed by atoms with van der Waals surface area (Å²) in [6.45, 7) is 1.78. The highest BCUT2D eigenvalue weighted by Crippen LogP contribution is 2.17. The molecule has 1 aromatic rings. The number of nitriles is 1. The van der Waals surface area contributed by atoms with Crippen LogP contribution in [0.2, 0.25) is 0 Å². The van der Waals surface area contributed by atoms with Crippen molar-refractivity contribution in [2.75, 3.05) is 26.3 Å². The fraction of sp³-hybridized carbons (Fsp3) is 0.533. The SMILES string of the molecule is N#Cc1ccc(OCC(O)CN2CCCC2CO)cc1. The highest BCUT2D eigenvalue weighted by molar-refractivity contribution is 5.34. The van der Waals surface area contributed by atoms with Gasteiger partial charge in [-0.2, -0.15) is 5.26 Å². The minimum atomic E-state index is -0.585. The summed E-state index contributed by atoms with van der Waals surface area (Å²) in [5.74, 6) is 0.642. The van der Waals surface area contributed by atoms with E-state index in [1.54, 1.807) is 24.3 Å². The minimum absolute atomic E-state index is 0.142. The summed E-state index contributed by atoms with van der Waals surface area (Å²) in [7, 11) is 0. The Morgan fingerprint density at radius 2 is 2.15 bits per heavy atom. The number of β-amino-alcohol motifs (C(OH)–C–C–N with tert-alkyl or cyclic N) is 1. The molecule has 2 N–H and O–H groups in total. The summed E-state index contributed by atoms with van der Waals surface area (Å²) in [5, 5.41) is 27.9. The average Bonchev–Trinajstić information content (AvgIpc) is 2.92. The Labute approximate surface area is 119 Å². The maximum Gasteiger partial charge on any atom is 0.119 e. The molecule has 0 aliphatic carbocycles. The van der Waals surface area contributed by atoms with E-state index in [1.807, 2.05) is 6.07 Å². The largest absolute Gasteiger partial charge is 0.491 e. The molecule has 1 aliphatic heterocycles. The van der Waals surface area contributed by atoms with E-state index in [0.717, 1.165) is 19.4 Å². The second-order valence-corrected chi connectivity index (χ2v) is 5.07. The summed E-state index contributed by atoms with van der Waals surface area (Å²) < 4.78 is 5.50. The van der Waals surface area contributed by atoms with Gasteiger partial charge in [-0.05, 0) is 43.7 Å². The molecule has 2 unspecified atom stereocenters. The average molecular weight is 276 g/mol. The standard InChI is InChI=1S/C15H20N2O3/c16-8-12-3-5-15(6-4-12)20-11-14(19)9-17-7-1-2-13(17)10-18/h3-6,13-14,18-19H,1-2,7,9-11H2. The van der Waals surface area contributed by atoms with E-state index in [1.165, 1.54) is 0 Å². The molecule has 0 spiro atoms. The number of hydrogen-bond acceptors (Lipinski definition) is 5. The van der Waals surface area contributed by atoms with Crippen molar-refractivity contribution in [3.05, 3.63) is 29.8 Å². The molecule has 108 valence electrons. The number of benzene rings is 1. The number of aliphatic hydroxyl groups is 2. The van der Waals surface area contributed by atoms with Gasteiger partial charge in [-0.3, -0.25) is 4.90 Å². The Bertz CT molecular complexity index is 455. The van der Waals surface area contributed by atoms with Crippen LogP contribution in [0.1, 0.15) is 18.4 Å². The molecule has 0 amide bonds. The Hall–Kier alpha value is -1.61. The van der Waals surface area contributed by atoms with E-state index in [9.17, 15) is 10.2 Å². The van der Waals surface area contributed by atoms with Gasteiger partial charge >= 0.3 is 0 Å². The van der Waals surface area contributed by atoms with Crippen LogP contribution in [0.5, 0.6) is 5.75 Å². The van der Waals surface area contributed by atoms with Gasteiger partial charge in [0.2, 0.25) is 0 Å². The molecule has 0 bridgehead atoms. The quantitative estimate of drug-likeness (QED) is 0.802. The van der Waals surface area contributed by atoms with Crippen LogP contribution in [-0.4, -0.2) is 53.6 Å². The molecular weight excluding hydrogens is 256 g/mol. The molecule has 5 nitrogen and oxygen atoms in total. The lowest BCUT2D eigenvalue weighted by Gasteiger charge is -2.25. The lowest BCUT2D eigenvalue weighted by molar-refractivity contribution is 0.0532. The fourth-order valence-electron chi connectivity index (χ4n) is 2.48. The van der Waals surface area contributed by atoms with E-state index in [2.05, 4.69) is 4.90 Å². The van der Waals surface area contributed by atoms with Crippen molar-refractivity contribution in [2.24, 2.45) is 0 Å². The van der Waals surface area contributed by atoms with Crippen molar-refractivity contribution >= 4 is 0 Å². The van der Waals surface area contributed by atoms with E-state index in [4.69, 9.17) is 10.00 Å². The van der Waals surface area contributed by atoms with Gasteiger partial charge in [-0.25, -0.2) is 0 Å². The maximum absolute atomic E-state index is 9.98. The second kappa shape index (κ2) is 7.25. The summed E-state index contributed by atoms with van der Waals surface area (Å²) in [5.41, 5.74) is 0.584. The molecule has 1 saturated heterocycles. The van der Waals surface area contributed by atoms with Crippen LogP contribution in [0.4, 0.5) is 0 Å². The molecule has 1 aliphatic rings. The molecule has 0 saturated carbocycles. The fourth-order valence-corrected chi connectivity index (χ4v) is 2.48. The van der Waals surface area contributed by atoms with Crippen LogP contribution in [-0.2, 0) is 0 Å². The summed E-state index contributed by atoms with van der Waals surface area (Å²) in [4.78, 5) is 2.10. The number of aliphatic hydroxyl groups excluding tert-OH is 2. The summed E-state index contributed by atoms with van der Waals surface area (Å²) in [6.07, 6.45) is 1.46. The van der Waals surface area contributed by atoms with E-state index < -0.39 is 6.10 Å². The van der Waals surface area contributed by atoms with E-state index >= 15 is 0 Å². The van der Waals surface area contributed by atoms with Crippen molar-refractivity contribution < 1.29 is 14.9 Å². The van der Waals surface area contributed by atoms with Crippen molar-refractivity contribution in [3.63, 3.8) is 0 Å². The number of rotatable bonds is 6. The molecule has 2 atom stereocenters. The predicted octanol–water partition coefficient (Wildman–Crippen LogP) is 0.755. The first-order valence-electron chi connectivity index (χ1n) is 6.89. The number of likely N-dealkylation sites (tertiary alicyclic amines) is 1. The van der Waals surface area contributed by atoms with Gasteiger partial charge < -0.3 is 14.9 Å². The van der Waals surface area contributed by atoms with Crippen LogP contribution >= 0.6 is 0 Å². The van der Waals surface area contributed by atoms with Crippen molar-refractivity contribution in [2.45, 2.75) is 25.0 Å². The van der Waals surface area contributed by atoms with Gasteiger partial charge in [0.05, 0.1) is 18.2 Å². The Balaban J connectivity index is 1.77. The van der Waals surface area contributed by atoms with Crippen molar-refractivity contribution in [1.82, 2.24) is 4.90 Å². The third-order valence-corrected chi connectivity index (χ3v) is 3.58. The first kappa shape index (κ1) is 14.8. The van der Waals surface area contributed by atoms with Gasteiger partial charge in [0.1, 0.15) is 18.5 Å². The van der Waals surface area contributed by atoms with Crippen LogP contribution < -0.4 is 4.74 Å². The van der Waals surface area contributed by atoms with Gasteiger partial charge in [0.25, 0.3) is 0 Å². The zero-order valence-corrected chi connectivity index (χ0v) is 11.4. The Kier molecular flexibility index (Phi) is 5.36. The third-order valence-electron chi connectivity index (χ3n) is 3.58. The molecule has 1 heterocycles. The van der Waals surface area contributed by atoms with E-state index in [0.29, 0.717) is 17.9 Å². The highest BCUT2D eigenvalue weighted by Gasteiger charge is 2.25.